The third kappa shape index (κ3) is 4.81. The van der Waals surface area contributed by atoms with Gasteiger partial charge in [0.25, 0.3) is 0 Å². The van der Waals surface area contributed by atoms with E-state index < -0.39 is 10.0 Å². The van der Waals surface area contributed by atoms with Crippen LogP contribution in [-0.4, -0.2) is 82.5 Å². The highest BCUT2D eigenvalue weighted by Gasteiger charge is 2.31. The van der Waals surface area contributed by atoms with E-state index in [-0.39, 0.29) is 11.8 Å². The first-order valence-electron chi connectivity index (χ1n) is 12.7. The number of likely N-dealkylation sites (tertiary alicyclic amines) is 1. The first kappa shape index (κ1) is 25.3. The molecule has 9 nitrogen and oxygen atoms in total. The lowest BCUT2D eigenvalue weighted by atomic mass is 9.90. The SMILES string of the molecule is CCN(CC)S(=O)(=O)CCN1CC(c2ccc3c(c2)OCCc2sc(-c4ncnn4C(C)C)nc2-3)C1. The lowest BCUT2D eigenvalue weighted by molar-refractivity contribution is 0.157. The molecule has 0 amide bonds. The predicted octanol–water partition coefficient (Wildman–Crippen LogP) is 3.66. The summed E-state index contributed by atoms with van der Waals surface area (Å²) in [6, 6.07) is 6.65. The molecule has 2 aliphatic rings. The molecule has 4 heterocycles. The van der Waals surface area contributed by atoms with E-state index in [4.69, 9.17) is 9.72 Å². The molecule has 2 aromatic heterocycles. The summed E-state index contributed by atoms with van der Waals surface area (Å²) in [4.78, 5) is 12.9. The zero-order valence-corrected chi connectivity index (χ0v) is 23.0. The fourth-order valence-corrected chi connectivity index (χ4v) is 7.50. The monoisotopic (exact) mass is 530 g/mol. The summed E-state index contributed by atoms with van der Waals surface area (Å²) < 4.78 is 34.6. The average molecular weight is 531 g/mol. The maximum atomic E-state index is 12.5. The van der Waals surface area contributed by atoms with Crippen LogP contribution in [0.5, 0.6) is 5.75 Å². The Morgan fingerprint density at radius 3 is 2.72 bits per heavy atom. The van der Waals surface area contributed by atoms with E-state index in [1.807, 2.05) is 18.5 Å². The van der Waals surface area contributed by atoms with Crippen molar-refractivity contribution in [2.45, 2.75) is 46.1 Å². The number of nitrogens with zero attached hydrogens (tertiary/aromatic N) is 6. The van der Waals surface area contributed by atoms with Gasteiger partial charge in [0, 0.05) is 61.5 Å². The van der Waals surface area contributed by atoms with E-state index in [0.717, 1.165) is 47.3 Å². The molecule has 0 radical (unpaired) electrons. The van der Waals surface area contributed by atoms with Crippen LogP contribution in [0.1, 0.15) is 50.1 Å². The van der Waals surface area contributed by atoms with Gasteiger partial charge in [-0.3, -0.25) is 0 Å². The molecule has 3 aromatic rings. The van der Waals surface area contributed by atoms with Crippen molar-refractivity contribution in [1.29, 1.82) is 0 Å². The number of hydrogen-bond acceptors (Lipinski definition) is 8. The topological polar surface area (TPSA) is 93.5 Å². The molecule has 1 fully saturated rings. The summed E-state index contributed by atoms with van der Waals surface area (Å²) in [6.07, 6.45) is 2.40. The van der Waals surface area contributed by atoms with Crippen molar-refractivity contribution < 1.29 is 13.2 Å². The zero-order chi connectivity index (χ0) is 25.4. The summed E-state index contributed by atoms with van der Waals surface area (Å²) in [7, 11) is -3.19. The number of sulfonamides is 1. The van der Waals surface area contributed by atoms with Crippen LogP contribution in [-0.2, 0) is 16.4 Å². The van der Waals surface area contributed by atoms with E-state index in [2.05, 4.69) is 47.0 Å². The zero-order valence-electron chi connectivity index (χ0n) is 21.3. The maximum absolute atomic E-state index is 12.5. The van der Waals surface area contributed by atoms with Gasteiger partial charge in [-0.25, -0.2) is 27.4 Å². The quantitative estimate of drug-likeness (QED) is 0.417. The second-order valence-electron chi connectivity index (χ2n) is 9.62. The summed E-state index contributed by atoms with van der Waals surface area (Å²) in [5, 5.41) is 5.25. The molecule has 0 saturated carbocycles. The van der Waals surface area contributed by atoms with Gasteiger partial charge in [-0.05, 0) is 31.5 Å². The van der Waals surface area contributed by atoms with Gasteiger partial charge in [0.1, 0.15) is 12.1 Å². The number of aromatic nitrogens is 4. The summed E-state index contributed by atoms with van der Waals surface area (Å²) in [5.41, 5.74) is 3.23. The van der Waals surface area contributed by atoms with Crippen LogP contribution in [0.2, 0.25) is 0 Å². The lowest BCUT2D eigenvalue weighted by Gasteiger charge is -2.40. The van der Waals surface area contributed by atoms with Crippen LogP contribution < -0.4 is 4.74 Å². The molecule has 0 aliphatic carbocycles. The molecule has 0 spiro atoms. The molecule has 2 aliphatic heterocycles. The van der Waals surface area contributed by atoms with Crippen molar-refractivity contribution in [3.8, 4) is 27.8 Å². The van der Waals surface area contributed by atoms with Crippen molar-refractivity contribution in [1.82, 2.24) is 29.0 Å². The molecular formula is C25H34N6O3S2. The van der Waals surface area contributed by atoms with Crippen molar-refractivity contribution >= 4 is 21.4 Å². The van der Waals surface area contributed by atoms with E-state index >= 15 is 0 Å². The van der Waals surface area contributed by atoms with Gasteiger partial charge in [-0.15, -0.1) is 11.3 Å². The van der Waals surface area contributed by atoms with Crippen molar-refractivity contribution in [3.63, 3.8) is 0 Å². The van der Waals surface area contributed by atoms with Crippen molar-refractivity contribution in [2.24, 2.45) is 0 Å². The van der Waals surface area contributed by atoms with Crippen LogP contribution in [0, 0.1) is 0 Å². The fourth-order valence-electron chi connectivity index (χ4n) is 4.92. The molecule has 36 heavy (non-hydrogen) atoms. The van der Waals surface area contributed by atoms with E-state index in [9.17, 15) is 8.42 Å². The van der Waals surface area contributed by atoms with Crippen LogP contribution in [0.25, 0.3) is 22.1 Å². The van der Waals surface area contributed by atoms with Gasteiger partial charge < -0.3 is 9.64 Å². The highest BCUT2D eigenvalue weighted by atomic mass is 32.2. The Kier molecular flexibility index (Phi) is 7.17. The standard InChI is InChI=1S/C25H34N6O3S2/c1-5-30(6-2)36(32,33)12-10-29-14-19(15-29)18-7-8-20-21(13-18)34-11-9-22-23(20)28-25(35-22)24-26-16-27-31(24)17(3)4/h7-8,13,16-17,19H,5-6,9-12,14-15H2,1-4H3. The minimum atomic E-state index is -3.19. The second-order valence-corrected chi connectivity index (χ2v) is 12.8. The first-order chi connectivity index (χ1) is 17.3. The number of hydrogen-bond donors (Lipinski definition) is 0. The molecular weight excluding hydrogens is 496 g/mol. The van der Waals surface area contributed by atoms with Crippen molar-refractivity contribution in [3.05, 3.63) is 35.0 Å². The molecule has 0 N–H and O–H groups in total. The van der Waals surface area contributed by atoms with Crippen molar-refractivity contribution in [2.75, 3.05) is 45.1 Å². The second kappa shape index (κ2) is 10.2. The van der Waals surface area contributed by atoms with E-state index in [1.165, 1.54) is 10.4 Å². The third-order valence-corrected chi connectivity index (χ3v) is 10.1. The Balaban J connectivity index is 1.29. The largest absolute Gasteiger partial charge is 0.492 e. The predicted molar refractivity (Wildman–Crippen MR) is 142 cm³/mol. The molecule has 11 heteroatoms. The minimum absolute atomic E-state index is 0.175. The fraction of sp³-hybridized carbons (Fsp3) is 0.560. The van der Waals surface area contributed by atoms with Gasteiger partial charge in [-0.1, -0.05) is 19.9 Å². The number of fused-ring (bicyclic) bond motifs is 3. The molecule has 0 atom stereocenters. The number of thiazole rings is 1. The van der Waals surface area contributed by atoms with Gasteiger partial charge in [-0.2, -0.15) is 5.10 Å². The summed E-state index contributed by atoms with van der Waals surface area (Å²) in [5.74, 6) is 2.23. The Bertz CT molecular complexity index is 1320. The van der Waals surface area contributed by atoms with Crippen LogP contribution in [0.15, 0.2) is 24.5 Å². The van der Waals surface area contributed by atoms with Gasteiger partial charge in [0.15, 0.2) is 10.8 Å². The Morgan fingerprint density at radius 1 is 1.22 bits per heavy atom. The molecule has 1 aromatic carbocycles. The number of ether oxygens (including phenoxy) is 1. The van der Waals surface area contributed by atoms with Gasteiger partial charge in [0.05, 0.1) is 18.1 Å². The Hall–Kier alpha value is -2.34. The van der Waals surface area contributed by atoms with Gasteiger partial charge in [0.2, 0.25) is 10.0 Å². The van der Waals surface area contributed by atoms with E-state index in [0.29, 0.717) is 32.2 Å². The molecule has 0 unspecified atom stereocenters. The van der Waals surface area contributed by atoms with Crippen LogP contribution >= 0.6 is 11.3 Å². The molecule has 5 rings (SSSR count). The summed E-state index contributed by atoms with van der Waals surface area (Å²) >= 11 is 1.67. The number of rotatable bonds is 9. The van der Waals surface area contributed by atoms with E-state index in [1.54, 1.807) is 22.0 Å². The third-order valence-electron chi connectivity index (χ3n) is 6.99. The molecule has 194 valence electrons. The molecule has 0 bridgehead atoms. The highest BCUT2D eigenvalue weighted by Crippen LogP contribution is 2.42. The van der Waals surface area contributed by atoms with Gasteiger partial charge >= 0.3 is 0 Å². The Labute approximate surface area is 217 Å². The molecule has 1 saturated heterocycles. The van der Waals surface area contributed by atoms with Crippen LogP contribution in [0.3, 0.4) is 0 Å². The Morgan fingerprint density at radius 2 is 2.00 bits per heavy atom. The normalized spacial score (nSPS) is 16.5. The highest BCUT2D eigenvalue weighted by molar-refractivity contribution is 7.89. The summed E-state index contributed by atoms with van der Waals surface area (Å²) in [6.45, 7) is 11.9. The van der Waals surface area contributed by atoms with Crippen LogP contribution in [0.4, 0.5) is 0 Å². The minimum Gasteiger partial charge on any atom is -0.492 e. The number of benzene rings is 1. The lowest BCUT2D eigenvalue weighted by Crippen LogP contribution is -2.48. The maximum Gasteiger partial charge on any atom is 0.215 e. The average Bonchev–Trinajstić information content (AvgIpc) is 3.43. The first-order valence-corrected chi connectivity index (χ1v) is 15.1. The smallest absolute Gasteiger partial charge is 0.215 e.